The van der Waals surface area contributed by atoms with E-state index in [2.05, 4.69) is 31.4 Å². The van der Waals surface area contributed by atoms with Crippen molar-refractivity contribution in [3.63, 3.8) is 0 Å². The zero-order valence-corrected chi connectivity index (χ0v) is 9.99. The summed E-state index contributed by atoms with van der Waals surface area (Å²) in [7, 11) is 0. The molecular formula is C10H20N2OS. The molecule has 1 saturated heterocycles. The van der Waals surface area contributed by atoms with Gasteiger partial charge >= 0.3 is 0 Å². The highest BCUT2D eigenvalue weighted by molar-refractivity contribution is 7.80. The first-order valence-corrected chi connectivity index (χ1v) is 5.65. The number of rotatable bonds is 3. The molecule has 1 fully saturated rings. The average Bonchev–Trinajstić information content (AvgIpc) is 2.53. The van der Waals surface area contributed by atoms with E-state index in [1.807, 2.05) is 0 Å². The Morgan fingerprint density at radius 3 is 2.57 bits per heavy atom. The Labute approximate surface area is 91.6 Å². The van der Waals surface area contributed by atoms with E-state index in [9.17, 15) is 0 Å². The molecule has 3 nitrogen and oxygen atoms in total. The van der Waals surface area contributed by atoms with Crippen LogP contribution in [0.5, 0.6) is 0 Å². The van der Waals surface area contributed by atoms with Crippen LogP contribution in [-0.2, 0) is 4.74 Å². The molecule has 14 heavy (non-hydrogen) atoms. The molecule has 0 bridgehead atoms. The summed E-state index contributed by atoms with van der Waals surface area (Å²) in [5.41, 5.74) is 0. The van der Waals surface area contributed by atoms with Crippen molar-refractivity contribution < 1.29 is 4.74 Å². The van der Waals surface area contributed by atoms with E-state index in [0.717, 1.165) is 24.7 Å². The van der Waals surface area contributed by atoms with Gasteiger partial charge in [-0.1, -0.05) is 0 Å². The van der Waals surface area contributed by atoms with E-state index in [0.29, 0.717) is 18.0 Å². The van der Waals surface area contributed by atoms with Crippen molar-refractivity contribution in [3.05, 3.63) is 0 Å². The quantitative estimate of drug-likeness (QED) is 0.696. The second-order valence-electron chi connectivity index (χ2n) is 4.18. The minimum Gasteiger partial charge on any atom is -0.381 e. The number of nitrogens with one attached hydrogen (secondary N) is 2. The second kappa shape index (κ2) is 5.51. The van der Waals surface area contributed by atoms with Crippen LogP contribution in [0.1, 0.15) is 27.2 Å². The van der Waals surface area contributed by atoms with Gasteiger partial charge in [0.1, 0.15) is 0 Å². The zero-order chi connectivity index (χ0) is 10.6. The van der Waals surface area contributed by atoms with E-state index in [4.69, 9.17) is 17.0 Å². The Kier molecular flexibility index (Phi) is 4.62. The van der Waals surface area contributed by atoms with Gasteiger partial charge in [0.15, 0.2) is 5.11 Å². The maximum atomic E-state index is 5.34. The van der Waals surface area contributed by atoms with Gasteiger partial charge in [-0.2, -0.15) is 0 Å². The van der Waals surface area contributed by atoms with Gasteiger partial charge in [0.25, 0.3) is 0 Å². The number of thiocarbonyl (C=S) groups is 1. The molecule has 0 aromatic rings. The molecule has 0 aromatic heterocycles. The SMILES string of the molecule is CC(C)NC(=S)NC(C)C1CCOC1. The van der Waals surface area contributed by atoms with Crippen molar-refractivity contribution in [1.29, 1.82) is 0 Å². The van der Waals surface area contributed by atoms with Crippen LogP contribution in [0.2, 0.25) is 0 Å². The Hall–Kier alpha value is -0.350. The Morgan fingerprint density at radius 1 is 1.36 bits per heavy atom. The van der Waals surface area contributed by atoms with Gasteiger partial charge in [0.05, 0.1) is 6.61 Å². The lowest BCUT2D eigenvalue weighted by Gasteiger charge is -2.22. The molecule has 0 amide bonds. The summed E-state index contributed by atoms with van der Waals surface area (Å²) in [4.78, 5) is 0. The molecule has 2 unspecified atom stereocenters. The lowest BCUT2D eigenvalue weighted by Crippen LogP contribution is -2.46. The third-order valence-corrected chi connectivity index (χ3v) is 2.69. The normalized spacial score (nSPS) is 23.6. The summed E-state index contributed by atoms with van der Waals surface area (Å²) in [5, 5.41) is 7.22. The fraction of sp³-hybridized carbons (Fsp3) is 0.900. The van der Waals surface area contributed by atoms with Crippen LogP contribution in [0.3, 0.4) is 0 Å². The van der Waals surface area contributed by atoms with E-state index >= 15 is 0 Å². The molecular weight excluding hydrogens is 196 g/mol. The van der Waals surface area contributed by atoms with Crippen molar-refractivity contribution in [2.24, 2.45) is 5.92 Å². The fourth-order valence-electron chi connectivity index (χ4n) is 1.58. The van der Waals surface area contributed by atoms with Gasteiger partial charge in [-0.05, 0) is 39.4 Å². The van der Waals surface area contributed by atoms with Gasteiger partial charge in [0, 0.05) is 24.6 Å². The number of hydrogen-bond donors (Lipinski definition) is 2. The summed E-state index contributed by atoms with van der Waals surface area (Å²) in [6, 6.07) is 0.790. The third-order valence-electron chi connectivity index (χ3n) is 2.45. The molecule has 2 N–H and O–H groups in total. The van der Waals surface area contributed by atoms with Crippen molar-refractivity contribution in [2.75, 3.05) is 13.2 Å². The first-order chi connectivity index (χ1) is 6.59. The molecule has 4 heteroatoms. The molecule has 1 aliphatic rings. The lowest BCUT2D eigenvalue weighted by molar-refractivity contribution is 0.180. The highest BCUT2D eigenvalue weighted by Crippen LogP contribution is 2.16. The fourth-order valence-corrected chi connectivity index (χ4v) is 2.00. The minimum absolute atomic E-state index is 0.391. The summed E-state index contributed by atoms with van der Waals surface area (Å²) < 4.78 is 5.34. The second-order valence-corrected chi connectivity index (χ2v) is 4.59. The Balaban J connectivity index is 2.24. The highest BCUT2D eigenvalue weighted by atomic mass is 32.1. The molecule has 0 spiro atoms. The van der Waals surface area contributed by atoms with Gasteiger partial charge in [-0.3, -0.25) is 0 Å². The predicted molar refractivity (Wildman–Crippen MR) is 62.4 cm³/mol. The molecule has 0 radical (unpaired) electrons. The van der Waals surface area contributed by atoms with Crippen LogP contribution in [0, 0.1) is 5.92 Å². The molecule has 1 heterocycles. The topological polar surface area (TPSA) is 33.3 Å². The van der Waals surface area contributed by atoms with Crippen LogP contribution in [0.4, 0.5) is 0 Å². The monoisotopic (exact) mass is 216 g/mol. The first-order valence-electron chi connectivity index (χ1n) is 5.24. The number of ether oxygens (including phenoxy) is 1. The van der Waals surface area contributed by atoms with Crippen LogP contribution < -0.4 is 10.6 Å². The van der Waals surface area contributed by atoms with E-state index in [1.54, 1.807) is 0 Å². The van der Waals surface area contributed by atoms with Gasteiger partial charge in [-0.15, -0.1) is 0 Å². The maximum Gasteiger partial charge on any atom is 0.166 e. The molecule has 0 aliphatic carbocycles. The predicted octanol–water partition coefficient (Wildman–Crippen LogP) is 1.28. The van der Waals surface area contributed by atoms with Crippen molar-refractivity contribution in [2.45, 2.75) is 39.3 Å². The van der Waals surface area contributed by atoms with Gasteiger partial charge in [0.2, 0.25) is 0 Å². The van der Waals surface area contributed by atoms with Crippen LogP contribution in [-0.4, -0.2) is 30.4 Å². The molecule has 82 valence electrons. The van der Waals surface area contributed by atoms with E-state index in [-0.39, 0.29) is 0 Å². The van der Waals surface area contributed by atoms with Crippen LogP contribution in [0.25, 0.3) is 0 Å². The molecule has 1 aliphatic heterocycles. The Bertz CT molecular complexity index is 191. The number of hydrogen-bond acceptors (Lipinski definition) is 2. The summed E-state index contributed by atoms with van der Waals surface area (Å²) in [6.07, 6.45) is 1.14. The van der Waals surface area contributed by atoms with Crippen molar-refractivity contribution in [3.8, 4) is 0 Å². The van der Waals surface area contributed by atoms with E-state index < -0.39 is 0 Å². The average molecular weight is 216 g/mol. The lowest BCUT2D eigenvalue weighted by atomic mass is 10.0. The van der Waals surface area contributed by atoms with Gasteiger partial charge in [-0.25, -0.2) is 0 Å². The van der Waals surface area contributed by atoms with Crippen LogP contribution >= 0.6 is 12.2 Å². The molecule has 1 rings (SSSR count). The maximum absolute atomic E-state index is 5.34. The molecule has 0 saturated carbocycles. The third kappa shape index (κ3) is 3.80. The van der Waals surface area contributed by atoms with Crippen molar-refractivity contribution in [1.82, 2.24) is 10.6 Å². The zero-order valence-electron chi connectivity index (χ0n) is 9.17. The Morgan fingerprint density at radius 2 is 2.07 bits per heavy atom. The first kappa shape index (κ1) is 11.7. The highest BCUT2D eigenvalue weighted by Gasteiger charge is 2.22. The minimum atomic E-state index is 0.391. The van der Waals surface area contributed by atoms with Gasteiger partial charge < -0.3 is 15.4 Å². The largest absolute Gasteiger partial charge is 0.381 e. The molecule has 2 atom stereocenters. The van der Waals surface area contributed by atoms with E-state index in [1.165, 1.54) is 0 Å². The van der Waals surface area contributed by atoms with Crippen molar-refractivity contribution >= 4 is 17.3 Å². The molecule has 0 aromatic carbocycles. The van der Waals surface area contributed by atoms with Crippen LogP contribution in [0.15, 0.2) is 0 Å². The summed E-state index contributed by atoms with van der Waals surface area (Å²) in [5.74, 6) is 0.599. The standard InChI is InChI=1S/C10H20N2OS/c1-7(2)11-10(14)12-8(3)9-4-5-13-6-9/h7-9H,4-6H2,1-3H3,(H2,11,12,14). The summed E-state index contributed by atoms with van der Waals surface area (Å²) >= 11 is 5.18. The summed E-state index contributed by atoms with van der Waals surface area (Å²) in [6.45, 7) is 8.07. The smallest absolute Gasteiger partial charge is 0.166 e.